The highest BCUT2D eigenvalue weighted by Crippen LogP contribution is 2.07. The van der Waals surface area contributed by atoms with Crippen LogP contribution in [0.3, 0.4) is 0 Å². The zero-order chi connectivity index (χ0) is 12.8. The van der Waals surface area contributed by atoms with Crippen LogP contribution >= 0.6 is 0 Å². The number of piperazine rings is 1. The Morgan fingerprint density at radius 1 is 1.39 bits per heavy atom. The number of aliphatic hydroxyl groups excluding tert-OH is 1. The van der Waals surface area contributed by atoms with E-state index >= 15 is 0 Å². The minimum atomic E-state index is -0.0911. The average molecular weight is 250 g/mol. The second-order valence-corrected chi connectivity index (χ2v) is 4.22. The number of nitrogens with one attached hydrogen (secondary N) is 1. The first-order valence-electron chi connectivity index (χ1n) is 6.09. The first-order chi connectivity index (χ1) is 8.79. The van der Waals surface area contributed by atoms with Crippen LogP contribution in [-0.2, 0) is 0 Å². The fourth-order valence-electron chi connectivity index (χ4n) is 1.96. The van der Waals surface area contributed by atoms with E-state index in [0.29, 0.717) is 25.3 Å². The van der Waals surface area contributed by atoms with E-state index in [4.69, 9.17) is 5.11 Å². The summed E-state index contributed by atoms with van der Waals surface area (Å²) in [6.45, 7) is 3.83. The molecule has 0 spiro atoms. The van der Waals surface area contributed by atoms with Gasteiger partial charge in [-0.05, 0) is 12.1 Å². The number of rotatable bonds is 3. The van der Waals surface area contributed by atoms with Gasteiger partial charge in [0.1, 0.15) is 0 Å². The van der Waals surface area contributed by atoms with Gasteiger partial charge in [-0.15, -0.1) is 0 Å². The highest BCUT2D eigenvalue weighted by Gasteiger charge is 2.20. The van der Waals surface area contributed by atoms with Gasteiger partial charge in [-0.25, -0.2) is 4.79 Å². The fraction of sp³-hybridized carbons (Fsp3) is 0.500. The van der Waals surface area contributed by atoms with E-state index in [9.17, 15) is 4.79 Å². The molecule has 2 heterocycles. The lowest BCUT2D eigenvalue weighted by Crippen LogP contribution is -2.50. The Kier molecular flexibility index (Phi) is 4.49. The number of hydrogen-bond acceptors (Lipinski definition) is 4. The van der Waals surface area contributed by atoms with E-state index in [-0.39, 0.29) is 12.6 Å². The number of urea groups is 1. The van der Waals surface area contributed by atoms with Crippen molar-refractivity contribution in [1.82, 2.24) is 14.8 Å². The monoisotopic (exact) mass is 250 g/mol. The van der Waals surface area contributed by atoms with Crippen molar-refractivity contribution in [2.45, 2.75) is 0 Å². The minimum absolute atomic E-state index is 0.0911. The van der Waals surface area contributed by atoms with Gasteiger partial charge in [0.05, 0.1) is 18.5 Å². The molecule has 1 aromatic heterocycles. The number of β-amino-alcohol motifs (C(OH)–C–C–N with tert-alkyl or cyclic N) is 1. The van der Waals surface area contributed by atoms with Gasteiger partial charge < -0.3 is 15.3 Å². The van der Waals surface area contributed by atoms with Crippen LogP contribution in [0.5, 0.6) is 0 Å². The van der Waals surface area contributed by atoms with Crippen LogP contribution < -0.4 is 5.32 Å². The molecule has 18 heavy (non-hydrogen) atoms. The van der Waals surface area contributed by atoms with Crippen molar-refractivity contribution in [3.05, 3.63) is 24.5 Å². The summed E-state index contributed by atoms with van der Waals surface area (Å²) in [5.41, 5.74) is 0.709. The first-order valence-corrected chi connectivity index (χ1v) is 6.09. The second-order valence-electron chi connectivity index (χ2n) is 4.22. The highest BCUT2D eigenvalue weighted by molar-refractivity contribution is 5.89. The van der Waals surface area contributed by atoms with Gasteiger partial charge in [0.25, 0.3) is 0 Å². The van der Waals surface area contributed by atoms with E-state index in [0.717, 1.165) is 13.1 Å². The van der Waals surface area contributed by atoms with Gasteiger partial charge in [-0.1, -0.05) is 0 Å². The van der Waals surface area contributed by atoms with Crippen LogP contribution in [0.2, 0.25) is 0 Å². The van der Waals surface area contributed by atoms with E-state index in [1.807, 2.05) is 6.07 Å². The Morgan fingerprint density at radius 3 is 2.78 bits per heavy atom. The molecular formula is C12H18N4O2. The normalized spacial score (nSPS) is 16.6. The minimum Gasteiger partial charge on any atom is -0.395 e. The molecule has 0 aliphatic carbocycles. The summed E-state index contributed by atoms with van der Waals surface area (Å²) >= 11 is 0. The zero-order valence-electron chi connectivity index (χ0n) is 10.2. The second kappa shape index (κ2) is 6.32. The van der Waals surface area contributed by atoms with Gasteiger partial charge >= 0.3 is 6.03 Å². The molecule has 0 radical (unpaired) electrons. The molecular weight excluding hydrogens is 232 g/mol. The van der Waals surface area contributed by atoms with Crippen molar-refractivity contribution >= 4 is 11.7 Å². The molecule has 0 aromatic carbocycles. The number of pyridine rings is 1. The summed E-state index contributed by atoms with van der Waals surface area (Å²) in [5.74, 6) is 0. The lowest BCUT2D eigenvalue weighted by molar-refractivity contribution is 0.127. The summed E-state index contributed by atoms with van der Waals surface area (Å²) in [6.07, 6.45) is 3.29. The molecule has 0 unspecified atom stereocenters. The molecule has 1 saturated heterocycles. The van der Waals surface area contributed by atoms with Gasteiger partial charge in [0.15, 0.2) is 0 Å². The van der Waals surface area contributed by atoms with Crippen LogP contribution in [-0.4, -0.2) is 65.3 Å². The number of nitrogens with zero attached hydrogens (tertiary/aromatic N) is 3. The van der Waals surface area contributed by atoms with Gasteiger partial charge in [-0.3, -0.25) is 9.88 Å². The third-order valence-corrected chi connectivity index (χ3v) is 2.99. The molecule has 1 aliphatic heterocycles. The van der Waals surface area contributed by atoms with Crippen molar-refractivity contribution in [3.8, 4) is 0 Å². The van der Waals surface area contributed by atoms with Crippen molar-refractivity contribution in [2.24, 2.45) is 0 Å². The Balaban J connectivity index is 1.81. The number of carbonyl (C=O) groups is 1. The van der Waals surface area contributed by atoms with Crippen molar-refractivity contribution < 1.29 is 9.90 Å². The van der Waals surface area contributed by atoms with Crippen molar-refractivity contribution in [1.29, 1.82) is 0 Å². The van der Waals surface area contributed by atoms with Crippen LogP contribution in [0, 0.1) is 0 Å². The number of aromatic nitrogens is 1. The largest absolute Gasteiger partial charge is 0.395 e. The molecule has 2 amide bonds. The van der Waals surface area contributed by atoms with E-state index < -0.39 is 0 Å². The number of hydrogen-bond donors (Lipinski definition) is 2. The number of anilines is 1. The SMILES string of the molecule is O=C(Nc1cccnc1)N1CCN(CCO)CC1. The molecule has 2 rings (SSSR count). The van der Waals surface area contributed by atoms with Gasteiger partial charge in [-0.2, -0.15) is 0 Å². The van der Waals surface area contributed by atoms with Crippen LogP contribution in [0.15, 0.2) is 24.5 Å². The number of carbonyl (C=O) groups excluding carboxylic acids is 1. The lowest BCUT2D eigenvalue weighted by Gasteiger charge is -2.34. The zero-order valence-corrected chi connectivity index (χ0v) is 10.2. The predicted molar refractivity (Wildman–Crippen MR) is 68.4 cm³/mol. The van der Waals surface area contributed by atoms with E-state index in [2.05, 4.69) is 15.2 Å². The van der Waals surface area contributed by atoms with Crippen LogP contribution in [0.4, 0.5) is 10.5 Å². The van der Waals surface area contributed by atoms with Gasteiger partial charge in [0.2, 0.25) is 0 Å². The summed E-state index contributed by atoms with van der Waals surface area (Å²) < 4.78 is 0. The predicted octanol–water partition coefficient (Wildman–Crippen LogP) is 0.223. The van der Waals surface area contributed by atoms with Crippen LogP contribution in [0.1, 0.15) is 0 Å². The summed E-state index contributed by atoms with van der Waals surface area (Å²) in [5, 5.41) is 11.7. The molecule has 1 aromatic rings. The molecule has 0 atom stereocenters. The molecule has 2 N–H and O–H groups in total. The Labute approximate surface area is 106 Å². The maximum Gasteiger partial charge on any atom is 0.321 e. The molecule has 1 fully saturated rings. The Bertz CT molecular complexity index is 377. The van der Waals surface area contributed by atoms with Crippen molar-refractivity contribution in [3.63, 3.8) is 0 Å². The smallest absolute Gasteiger partial charge is 0.321 e. The standard InChI is InChI=1S/C12H18N4O2/c17-9-8-15-4-6-16(7-5-15)12(18)14-11-2-1-3-13-10-11/h1-3,10,17H,4-9H2,(H,14,18). The Morgan fingerprint density at radius 2 is 2.17 bits per heavy atom. The van der Waals surface area contributed by atoms with E-state index in [1.54, 1.807) is 23.4 Å². The third-order valence-electron chi connectivity index (χ3n) is 2.99. The Hall–Kier alpha value is -1.66. The number of aliphatic hydroxyl groups is 1. The molecule has 0 saturated carbocycles. The topological polar surface area (TPSA) is 68.7 Å². The van der Waals surface area contributed by atoms with Gasteiger partial charge in [0, 0.05) is 38.9 Å². The summed E-state index contributed by atoms with van der Waals surface area (Å²) in [6, 6.07) is 3.51. The summed E-state index contributed by atoms with van der Waals surface area (Å²) in [7, 11) is 0. The molecule has 98 valence electrons. The maximum atomic E-state index is 12.0. The molecule has 6 nitrogen and oxygen atoms in total. The molecule has 6 heteroatoms. The average Bonchev–Trinajstić information content (AvgIpc) is 2.41. The molecule has 1 aliphatic rings. The van der Waals surface area contributed by atoms with E-state index in [1.165, 1.54) is 0 Å². The fourth-order valence-corrected chi connectivity index (χ4v) is 1.96. The van der Waals surface area contributed by atoms with Crippen LogP contribution in [0.25, 0.3) is 0 Å². The first kappa shape index (κ1) is 12.8. The number of amides is 2. The lowest BCUT2D eigenvalue weighted by atomic mass is 10.3. The maximum absolute atomic E-state index is 12.0. The quantitative estimate of drug-likeness (QED) is 0.805. The molecule has 0 bridgehead atoms. The third kappa shape index (κ3) is 3.41. The summed E-state index contributed by atoms with van der Waals surface area (Å²) in [4.78, 5) is 19.8. The highest BCUT2D eigenvalue weighted by atomic mass is 16.3. The van der Waals surface area contributed by atoms with Crippen molar-refractivity contribution in [2.75, 3.05) is 44.6 Å².